The highest BCUT2D eigenvalue weighted by Gasteiger charge is 2.23. The van der Waals surface area contributed by atoms with Crippen LogP contribution in [0.15, 0.2) is 4.52 Å². The molecule has 1 saturated heterocycles. The fourth-order valence-electron chi connectivity index (χ4n) is 2.66. The molecule has 2 atom stereocenters. The maximum atomic E-state index is 11.2. The van der Waals surface area contributed by atoms with Crippen LogP contribution in [0.5, 0.6) is 0 Å². The summed E-state index contributed by atoms with van der Waals surface area (Å²) in [7, 11) is -3.12. The molecule has 0 N–H and O–H groups in total. The second kappa shape index (κ2) is 6.22. The molecule has 0 radical (unpaired) electrons. The summed E-state index contributed by atoms with van der Waals surface area (Å²) in [4.78, 5) is 6.52. The minimum atomic E-state index is -3.12. The third kappa shape index (κ3) is 4.56. The summed E-state index contributed by atoms with van der Waals surface area (Å²) in [6.07, 6.45) is 4.85. The van der Waals surface area contributed by atoms with Gasteiger partial charge in [-0.2, -0.15) is 4.98 Å². The molecule has 1 fully saturated rings. The molecule has 20 heavy (non-hydrogen) atoms. The van der Waals surface area contributed by atoms with Crippen molar-refractivity contribution in [1.29, 1.82) is 0 Å². The molecule has 7 heteroatoms. The summed E-state index contributed by atoms with van der Waals surface area (Å²) >= 11 is 0. The van der Waals surface area contributed by atoms with E-state index in [-0.39, 0.29) is 11.6 Å². The molecule has 2 rings (SSSR count). The number of rotatable bonds is 4. The fourth-order valence-corrected chi connectivity index (χ4v) is 3.24. The van der Waals surface area contributed by atoms with Crippen molar-refractivity contribution in [3.63, 3.8) is 0 Å². The highest BCUT2D eigenvalue weighted by molar-refractivity contribution is 7.89. The highest BCUT2D eigenvalue weighted by atomic mass is 32.2. The zero-order valence-corrected chi connectivity index (χ0v) is 13.2. The van der Waals surface area contributed by atoms with E-state index in [4.69, 9.17) is 4.52 Å². The Hall–Kier alpha value is -0.950. The summed E-state index contributed by atoms with van der Waals surface area (Å²) in [5.74, 6) is 1.25. The van der Waals surface area contributed by atoms with Crippen LogP contribution in [0.4, 0.5) is 0 Å². The molecule has 6 nitrogen and oxygen atoms in total. The molecular formula is C13H23N3O3S. The van der Waals surface area contributed by atoms with Gasteiger partial charge in [-0.15, -0.1) is 0 Å². The zero-order valence-electron chi connectivity index (χ0n) is 12.4. The molecule has 1 aliphatic rings. The Labute approximate surface area is 120 Å². The molecule has 1 aliphatic heterocycles. The second-order valence-corrected chi connectivity index (χ2v) is 8.13. The molecule has 114 valence electrons. The number of likely N-dealkylation sites (tertiary alicyclic amines) is 1. The summed E-state index contributed by atoms with van der Waals surface area (Å²) in [6, 6.07) is 0.491. The Bertz CT molecular complexity index is 541. The van der Waals surface area contributed by atoms with E-state index in [0.717, 1.165) is 6.54 Å². The van der Waals surface area contributed by atoms with Gasteiger partial charge in [0.15, 0.2) is 15.7 Å². The smallest absolute Gasteiger partial charge is 0.240 e. The largest absolute Gasteiger partial charge is 0.338 e. The SMILES string of the molecule is C[C@@H]1CCC[C@@H](C)N(Cc2nc(CS(C)(=O)=O)no2)C1. The summed E-state index contributed by atoms with van der Waals surface area (Å²) < 4.78 is 27.6. The van der Waals surface area contributed by atoms with Crippen molar-refractivity contribution in [2.45, 2.75) is 51.4 Å². The first-order valence-corrected chi connectivity index (χ1v) is 9.13. The van der Waals surface area contributed by atoms with E-state index in [1.54, 1.807) is 0 Å². The van der Waals surface area contributed by atoms with Gasteiger partial charge in [0.2, 0.25) is 5.89 Å². The van der Waals surface area contributed by atoms with E-state index >= 15 is 0 Å². The van der Waals surface area contributed by atoms with Gasteiger partial charge in [-0.25, -0.2) is 8.42 Å². The van der Waals surface area contributed by atoms with E-state index in [1.165, 1.54) is 25.5 Å². The molecule has 0 unspecified atom stereocenters. The first-order chi connectivity index (χ1) is 9.33. The van der Waals surface area contributed by atoms with Crippen LogP contribution < -0.4 is 0 Å². The lowest BCUT2D eigenvalue weighted by molar-refractivity contribution is 0.163. The number of sulfone groups is 1. The monoisotopic (exact) mass is 301 g/mol. The van der Waals surface area contributed by atoms with Crippen molar-refractivity contribution in [2.24, 2.45) is 5.92 Å². The average Bonchev–Trinajstić information content (AvgIpc) is 2.66. The maximum absolute atomic E-state index is 11.2. The van der Waals surface area contributed by atoms with Crippen molar-refractivity contribution >= 4 is 9.84 Å². The molecule has 0 bridgehead atoms. The Morgan fingerprint density at radius 2 is 2.10 bits per heavy atom. The molecule has 1 aromatic heterocycles. The maximum Gasteiger partial charge on any atom is 0.240 e. The predicted molar refractivity (Wildman–Crippen MR) is 75.7 cm³/mol. The van der Waals surface area contributed by atoms with Crippen molar-refractivity contribution in [3.8, 4) is 0 Å². The summed E-state index contributed by atoms with van der Waals surface area (Å²) in [6.45, 7) is 6.09. The van der Waals surface area contributed by atoms with Crippen molar-refractivity contribution in [3.05, 3.63) is 11.7 Å². The summed E-state index contributed by atoms with van der Waals surface area (Å²) in [5.41, 5.74) is 0. The van der Waals surface area contributed by atoms with Gasteiger partial charge >= 0.3 is 0 Å². The molecular weight excluding hydrogens is 278 g/mol. The molecule has 0 spiro atoms. The lowest BCUT2D eigenvalue weighted by Gasteiger charge is -2.26. The van der Waals surface area contributed by atoms with E-state index in [2.05, 4.69) is 28.9 Å². The number of hydrogen-bond acceptors (Lipinski definition) is 6. The lowest BCUT2D eigenvalue weighted by Crippen LogP contribution is -2.34. The normalized spacial score (nSPS) is 25.6. The first kappa shape index (κ1) is 15.4. The van der Waals surface area contributed by atoms with E-state index < -0.39 is 9.84 Å². The second-order valence-electron chi connectivity index (χ2n) is 5.99. The van der Waals surface area contributed by atoms with Crippen LogP contribution >= 0.6 is 0 Å². The average molecular weight is 301 g/mol. The van der Waals surface area contributed by atoms with Crippen molar-refractivity contribution < 1.29 is 12.9 Å². The zero-order chi connectivity index (χ0) is 14.8. The Kier molecular flexibility index (Phi) is 4.80. The van der Waals surface area contributed by atoms with Gasteiger partial charge in [0.1, 0.15) is 5.75 Å². The number of nitrogens with zero attached hydrogens (tertiary/aromatic N) is 3. The van der Waals surface area contributed by atoms with Crippen LogP contribution in [0.25, 0.3) is 0 Å². The highest BCUT2D eigenvalue weighted by Crippen LogP contribution is 2.22. The van der Waals surface area contributed by atoms with Crippen LogP contribution in [0.2, 0.25) is 0 Å². The fraction of sp³-hybridized carbons (Fsp3) is 0.846. The molecule has 0 aromatic carbocycles. The van der Waals surface area contributed by atoms with E-state index in [1.807, 2.05) is 0 Å². The van der Waals surface area contributed by atoms with E-state index in [9.17, 15) is 8.42 Å². The molecule has 0 aliphatic carbocycles. The Balaban J connectivity index is 2.01. The molecule has 2 heterocycles. The molecule has 0 amide bonds. The van der Waals surface area contributed by atoms with Gasteiger partial charge < -0.3 is 4.52 Å². The minimum Gasteiger partial charge on any atom is -0.338 e. The number of hydrogen-bond donors (Lipinski definition) is 0. The van der Waals surface area contributed by atoms with Gasteiger partial charge in [0.05, 0.1) is 6.54 Å². The standard InChI is InChI=1S/C13H23N3O3S/c1-10-5-4-6-11(2)16(7-10)8-13-14-12(15-19-13)9-20(3,17)18/h10-11H,4-9H2,1-3H3/t10-,11-/m1/s1. The van der Waals surface area contributed by atoms with Gasteiger partial charge in [0, 0.05) is 18.8 Å². The van der Waals surface area contributed by atoms with Gasteiger partial charge in [-0.3, -0.25) is 4.90 Å². The topological polar surface area (TPSA) is 76.3 Å². The molecule has 0 saturated carbocycles. The van der Waals surface area contributed by atoms with E-state index in [0.29, 0.717) is 24.4 Å². The van der Waals surface area contributed by atoms with Crippen molar-refractivity contribution in [1.82, 2.24) is 15.0 Å². The third-order valence-electron chi connectivity index (χ3n) is 3.73. The quantitative estimate of drug-likeness (QED) is 0.841. The molecule has 1 aromatic rings. The predicted octanol–water partition coefficient (Wildman–Crippen LogP) is 1.62. The Morgan fingerprint density at radius 3 is 2.80 bits per heavy atom. The van der Waals surface area contributed by atoms with Crippen molar-refractivity contribution in [2.75, 3.05) is 12.8 Å². The van der Waals surface area contributed by atoms with Gasteiger partial charge in [0.25, 0.3) is 0 Å². The van der Waals surface area contributed by atoms with Crippen LogP contribution in [-0.2, 0) is 22.1 Å². The summed E-state index contributed by atoms with van der Waals surface area (Å²) in [5, 5.41) is 3.74. The van der Waals surface area contributed by atoms with Crippen LogP contribution in [-0.4, -0.2) is 42.3 Å². The first-order valence-electron chi connectivity index (χ1n) is 7.06. The van der Waals surface area contributed by atoms with Crippen LogP contribution in [0.3, 0.4) is 0 Å². The van der Waals surface area contributed by atoms with Crippen LogP contribution in [0, 0.1) is 5.92 Å². The number of aromatic nitrogens is 2. The van der Waals surface area contributed by atoms with Gasteiger partial charge in [-0.05, 0) is 25.7 Å². The lowest BCUT2D eigenvalue weighted by atomic mass is 10.1. The third-order valence-corrected chi connectivity index (χ3v) is 4.51. The minimum absolute atomic E-state index is 0.164. The Morgan fingerprint density at radius 1 is 1.35 bits per heavy atom. The van der Waals surface area contributed by atoms with Crippen LogP contribution in [0.1, 0.15) is 44.8 Å². The van der Waals surface area contributed by atoms with Gasteiger partial charge in [-0.1, -0.05) is 18.5 Å².